The zero-order valence-electron chi connectivity index (χ0n) is 12.3. The Morgan fingerprint density at radius 3 is 2.48 bits per heavy atom. The molecule has 0 saturated heterocycles. The number of methoxy groups -OCH3 is 1. The Labute approximate surface area is 135 Å². The van der Waals surface area contributed by atoms with Crippen LogP contribution in [-0.2, 0) is 20.7 Å². The number of carbonyl (C=O) groups excluding carboxylic acids is 1. The standard InChI is InChI=1S/C15H20Cl2O4/c1-3-4-7-20-10-21-15-12(16)8-11(9-13(15)17)5-6-14(18)19-2/h8-9H,3-7,10H2,1-2H3. The van der Waals surface area contributed by atoms with Crippen LogP contribution >= 0.6 is 23.2 Å². The topological polar surface area (TPSA) is 44.8 Å². The summed E-state index contributed by atoms with van der Waals surface area (Å²) in [5, 5.41) is 0.808. The number of hydrogen-bond acceptors (Lipinski definition) is 4. The quantitative estimate of drug-likeness (QED) is 0.384. The van der Waals surface area contributed by atoms with Crippen molar-refractivity contribution in [3.63, 3.8) is 0 Å². The first-order valence-corrected chi connectivity index (χ1v) is 7.59. The Morgan fingerprint density at radius 1 is 1.24 bits per heavy atom. The normalized spacial score (nSPS) is 10.5. The number of hydrogen-bond donors (Lipinski definition) is 0. The van der Waals surface area contributed by atoms with Gasteiger partial charge < -0.3 is 14.2 Å². The summed E-state index contributed by atoms with van der Waals surface area (Å²) in [6.45, 7) is 2.84. The van der Waals surface area contributed by atoms with E-state index in [1.54, 1.807) is 12.1 Å². The van der Waals surface area contributed by atoms with E-state index < -0.39 is 0 Å². The van der Waals surface area contributed by atoms with Gasteiger partial charge in [-0.3, -0.25) is 4.79 Å². The molecule has 0 aliphatic rings. The number of rotatable bonds is 9. The SMILES string of the molecule is CCCCOCOc1c(Cl)cc(CCC(=O)OC)cc1Cl. The number of carbonyl (C=O) groups is 1. The number of unbranched alkanes of at least 4 members (excludes halogenated alkanes) is 1. The van der Waals surface area contributed by atoms with E-state index in [1.165, 1.54) is 7.11 Å². The van der Waals surface area contributed by atoms with Crippen molar-refractivity contribution in [3.8, 4) is 5.75 Å². The molecule has 1 aromatic carbocycles. The third-order valence-electron chi connectivity index (χ3n) is 2.83. The second kappa shape index (κ2) is 9.87. The summed E-state index contributed by atoms with van der Waals surface area (Å²) < 4.78 is 15.3. The van der Waals surface area contributed by atoms with Gasteiger partial charge in [0.2, 0.25) is 0 Å². The predicted octanol–water partition coefficient (Wildman–Crippen LogP) is 4.25. The molecule has 1 rings (SSSR count). The van der Waals surface area contributed by atoms with Crippen molar-refractivity contribution < 1.29 is 19.0 Å². The van der Waals surface area contributed by atoms with Crippen LogP contribution in [0.5, 0.6) is 5.75 Å². The average molecular weight is 335 g/mol. The first-order valence-electron chi connectivity index (χ1n) is 6.83. The molecule has 0 heterocycles. The fraction of sp³-hybridized carbons (Fsp3) is 0.533. The van der Waals surface area contributed by atoms with E-state index in [4.69, 9.17) is 32.7 Å². The van der Waals surface area contributed by atoms with E-state index in [9.17, 15) is 4.79 Å². The molecule has 118 valence electrons. The van der Waals surface area contributed by atoms with Crippen molar-refractivity contribution in [2.75, 3.05) is 20.5 Å². The van der Waals surface area contributed by atoms with Crippen LogP contribution < -0.4 is 4.74 Å². The Hall–Kier alpha value is -0.970. The van der Waals surface area contributed by atoms with Gasteiger partial charge >= 0.3 is 5.97 Å². The molecule has 0 aliphatic heterocycles. The van der Waals surface area contributed by atoms with Crippen LogP contribution in [0.3, 0.4) is 0 Å². The van der Waals surface area contributed by atoms with Crippen molar-refractivity contribution in [1.29, 1.82) is 0 Å². The Bertz CT molecular complexity index is 440. The molecular weight excluding hydrogens is 315 g/mol. The maximum absolute atomic E-state index is 11.1. The summed E-state index contributed by atoms with van der Waals surface area (Å²) in [5.41, 5.74) is 0.856. The molecule has 0 spiro atoms. The molecule has 0 aromatic heterocycles. The monoisotopic (exact) mass is 334 g/mol. The molecule has 0 amide bonds. The number of benzene rings is 1. The molecule has 0 atom stereocenters. The highest BCUT2D eigenvalue weighted by molar-refractivity contribution is 6.37. The van der Waals surface area contributed by atoms with E-state index in [2.05, 4.69) is 11.7 Å². The van der Waals surface area contributed by atoms with E-state index in [0.717, 1.165) is 18.4 Å². The highest BCUT2D eigenvalue weighted by atomic mass is 35.5. The van der Waals surface area contributed by atoms with E-state index in [-0.39, 0.29) is 19.2 Å². The van der Waals surface area contributed by atoms with Gasteiger partial charge in [0, 0.05) is 6.42 Å². The molecule has 0 aliphatic carbocycles. The highest BCUT2D eigenvalue weighted by Crippen LogP contribution is 2.34. The Morgan fingerprint density at radius 2 is 1.90 bits per heavy atom. The van der Waals surface area contributed by atoms with Gasteiger partial charge in [-0.1, -0.05) is 36.5 Å². The third kappa shape index (κ3) is 6.55. The molecule has 0 fully saturated rings. The molecule has 1 aromatic rings. The van der Waals surface area contributed by atoms with E-state index in [1.807, 2.05) is 0 Å². The van der Waals surface area contributed by atoms with Gasteiger partial charge in [-0.15, -0.1) is 0 Å². The zero-order valence-corrected chi connectivity index (χ0v) is 13.8. The minimum absolute atomic E-state index is 0.112. The van der Waals surface area contributed by atoms with Crippen LogP contribution in [0, 0.1) is 0 Å². The summed E-state index contributed by atoms with van der Waals surface area (Å²) >= 11 is 12.3. The predicted molar refractivity (Wildman–Crippen MR) is 83.2 cm³/mol. The lowest BCUT2D eigenvalue weighted by Crippen LogP contribution is -2.05. The molecule has 0 radical (unpaired) electrons. The molecule has 0 N–H and O–H groups in total. The first-order chi connectivity index (χ1) is 10.1. The smallest absolute Gasteiger partial charge is 0.305 e. The lowest BCUT2D eigenvalue weighted by Gasteiger charge is -2.12. The van der Waals surface area contributed by atoms with Gasteiger partial charge in [0.25, 0.3) is 0 Å². The maximum Gasteiger partial charge on any atom is 0.305 e. The lowest BCUT2D eigenvalue weighted by molar-refractivity contribution is -0.140. The van der Waals surface area contributed by atoms with Crippen molar-refractivity contribution >= 4 is 29.2 Å². The van der Waals surface area contributed by atoms with Gasteiger partial charge in [0.1, 0.15) is 0 Å². The number of ether oxygens (including phenoxy) is 3. The molecule has 0 bridgehead atoms. The molecule has 4 nitrogen and oxygen atoms in total. The summed E-state index contributed by atoms with van der Waals surface area (Å²) in [4.78, 5) is 11.1. The van der Waals surface area contributed by atoms with Gasteiger partial charge in [-0.05, 0) is 30.5 Å². The van der Waals surface area contributed by atoms with Crippen molar-refractivity contribution in [3.05, 3.63) is 27.7 Å². The number of esters is 1. The van der Waals surface area contributed by atoms with Crippen LogP contribution in [0.2, 0.25) is 10.0 Å². The van der Waals surface area contributed by atoms with Crippen LogP contribution in [0.4, 0.5) is 0 Å². The minimum atomic E-state index is -0.271. The van der Waals surface area contributed by atoms with Crippen LogP contribution in [0.25, 0.3) is 0 Å². The molecular formula is C15H20Cl2O4. The second-order valence-electron chi connectivity index (χ2n) is 4.49. The Kier molecular flexibility index (Phi) is 8.50. The van der Waals surface area contributed by atoms with Crippen LogP contribution in [0.1, 0.15) is 31.7 Å². The van der Waals surface area contributed by atoms with Gasteiger partial charge in [0.05, 0.1) is 23.8 Å². The number of halogens is 2. The number of aryl methyl sites for hydroxylation is 1. The molecule has 0 unspecified atom stereocenters. The summed E-state index contributed by atoms with van der Waals surface area (Å²) in [7, 11) is 1.36. The molecule has 0 saturated carbocycles. The fourth-order valence-electron chi connectivity index (χ4n) is 1.65. The Balaban J connectivity index is 2.56. The van der Waals surface area contributed by atoms with Gasteiger partial charge in [-0.25, -0.2) is 0 Å². The first kappa shape index (κ1) is 18.1. The third-order valence-corrected chi connectivity index (χ3v) is 3.39. The van der Waals surface area contributed by atoms with Crippen LogP contribution in [0.15, 0.2) is 12.1 Å². The summed E-state index contributed by atoms with van der Waals surface area (Å²) in [5.74, 6) is 0.128. The average Bonchev–Trinajstić information content (AvgIpc) is 2.46. The van der Waals surface area contributed by atoms with Gasteiger partial charge in [0.15, 0.2) is 12.5 Å². The van der Waals surface area contributed by atoms with Crippen molar-refractivity contribution in [1.82, 2.24) is 0 Å². The van der Waals surface area contributed by atoms with E-state index in [0.29, 0.717) is 28.8 Å². The summed E-state index contributed by atoms with van der Waals surface area (Å²) in [6.07, 6.45) is 2.84. The second-order valence-corrected chi connectivity index (χ2v) is 5.30. The molecule has 6 heteroatoms. The lowest BCUT2D eigenvalue weighted by atomic mass is 10.1. The largest absolute Gasteiger partial charge is 0.469 e. The fourth-order valence-corrected chi connectivity index (χ4v) is 2.29. The van der Waals surface area contributed by atoms with E-state index >= 15 is 0 Å². The zero-order chi connectivity index (χ0) is 15.7. The van der Waals surface area contributed by atoms with Crippen molar-refractivity contribution in [2.24, 2.45) is 0 Å². The highest BCUT2D eigenvalue weighted by Gasteiger charge is 2.11. The van der Waals surface area contributed by atoms with Crippen molar-refractivity contribution in [2.45, 2.75) is 32.6 Å². The van der Waals surface area contributed by atoms with Gasteiger partial charge in [-0.2, -0.15) is 0 Å². The maximum atomic E-state index is 11.1. The summed E-state index contributed by atoms with van der Waals surface area (Å²) in [6, 6.07) is 3.47. The molecule has 21 heavy (non-hydrogen) atoms. The van der Waals surface area contributed by atoms with Crippen LogP contribution in [-0.4, -0.2) is 26.5 Å². The minimum Gasteiger partial charge on any atom is -0.469 e.